The van der Waals surface area contributed by atoms with Crippen molar-refractivity contribution in [2.45, 2.75) is 57.2 Å². The molecule has 2 aliphatic rings. The van der Waals surface area contributed by atoms with E-state index in [4.69, 9.17) is 4.74 Å². The number of amides is 2. The van der Waals surface area contributed by atoms with Crippen molar-refractivity contribution in [1.29, 1.82) is 5.26 Å². The molecule has 8 nitrogen and oxygen atoms in total. The highest BCUT2D eigenvalue weighted by atomic mass is 19.4. The summed E-state index contributed by atoms with van der Waals surface area (Å²) >= 11 is 0. The van der Waals surface area contributed by atoms with Gasteiger partial charge in [0.25, 0.3) is 5.78 Å². The molecule has 34 heavy (non-hydrogen) atoms. The highest BCUT2D eigenvalue weighted by Crippen LogP contribution is 2.30. The predicted octanol–water partition coefficient (Wildman–Crippen LogP) is 4.79. The minimum Gasteiger partial charge on any atom is -0.489 e. The quantitative estimate of drug-likeness (QED) is 0.640. The Morgan fingerprint density at radius 3 is 2.65 bits per heavy atom. The summed E-state index contributed by atoms with van der Waals surface area (Å²) in [7, 11) is 0. The summed E-state index contributed by atoms with van der Waals surface area (Å²) < 4.78 is 44.5. The summed E-state index contributed by atoms with van der Waals surface area (Å²) in [5.41, 5.74) is 0.0312. The average Bonchev–Trinajstić information content (AvgIpc) is 2.83. The van der Waals surface area contributed by atoms with Gasteiger partial charge in [-0.25, -0.2) is 14.8 Å². The Kier molecular flexibility index (Phi) is 6.68. The van der Waals surface area contributed by atoms with Gasteiger partial charge in [-0.05, 0) is 50.2 Å². The Labute approximate surface area is 193 Å². The minimum atomic E-state index is -5.07. The van der Waals surface area contributed by atoms with Crippen LogP contribution >= 0.6 is 0 Å². The van der Waals surface area contributed by atoms with Gasteiger partial charge in [-0.2, -0.15) is 18.4 Å². The van der Waals surface area contributed by atoms with Crippen LogP contribution in [0.2, 0.25) is 0 Å². The topological polar surface area (TPSA) is 108 Å². The number of Topliss-reactive ketones (excluding diaryl/α,β-unsaturated/α-hetero) is 1. The first-order chi connectivity index (χ1) is 16.3. The first-order valence-electron chi connectivity index (χ1n) is 11.0. The van der Waals surface area contributed by atoms with Crippen LogP contribution < -0.4 is 15.0 Å². The lowest BCUT2D eigenvalue weighted by Crippen LogP contribution is -2.40. The molecule has 178 valence electrons. The normalized spacial score (nSPS) is 16.4. The molecule has 0 atom stereocenters. The van der Waals surface area contributed by atoms with Gasteiger partial charge in [0.2, 0.25) is 0 Å². The van der Waals surface area contributed by atoms with Crippen LogP contribution in [0, 0.1) is 11.3 Å². The molecule has 4 rings (SSSR count). The fraction of sp³-hybridized carbons (Fsp3) is 0.435. The molecule has 11 heteroatoms. The Bertz CT molecular complexity index is 1140. The fourth-order valence-electron chi connectivity index (χ4n) is 4.14. The third kappa shape index (κ3) is 5.11. The second-order valence-electron chi connectivity index (χ2n) is 8.25. The summed E-state index contributed by atoms with van der Waals surface area (Å²) in [6.45, 7) is 0.206. The number of carbonyl (C=O) groups excluding carboxylic acids is 2. The predicted molar refractivity (Wildman–Crippen MR) is 116 cm³/mol. The number of pyridine rings is 2. The van der Waals surface area contributed by atoms with Crippen LogP contribution in [0.4, 0.5) is 29.6 Å². The van der Waals surface area contributed by atoms with E-state index in [0.29, 0.717) is 24.2 Å². The Balaban J connectivity index is 1.55. The van der Waals surface area contributed by atoms with Crippen molar-refractivity contribution in [2.75, 3.05) is 16.8 Å². The van der Waals surface area contributed by atoms with Crippen LogP contribution in [0.15, 0.2) is 24.4 Å². The zero-order valence-corrected chi connectivity index (χ0v) is 18.2. The second kappa shape index (κ2) is 9.67. The Morgan fingerprint density at radius 1 is 1.18 bits per heavy atom. The largest absolute Gasteiger partial charge is 0.489 e. The van der Waals surface area contributed by atoms with E-state index in [2.05, 4.69) is 15.3 Å². The molecule has 1 N–H and O–H groups in total. The van der Waals surface area contributed by atoms with Crippen molar-refractivity contribution in [3.8, 4) is 11.8 Å². The summed E-state index contributed by atoms with van der Waals surface area (Å²) in [5.74, 6) is -1.62. The van der Waals surface area contributed by atoms with E-state index < -0.39 is 23.7 Å². The van der Waals surface area contributed by atoms with E-state index in [9.17, 15) is 28.0 Å². The van der Waals surface area contributed by atoms with Crippen molar-refractivity contribution in [3.05, 3.63) is 41.2 Å². The summed E-state index contributed by atoms with van der Waals surface area (Å²) in [6.07, 6.45) is 2.29. The first-order valence-corrected chi connectivity index (χ1v) is 11.0. The van der Waals surface area contributed by atoms with Gasteiger partial charge in [0, 0.05) is 12.6 Å². The third-order valence-corrected chi connectivity index (χ3v) is 5.84. The Morgan fingerprint density at radius 2 is 1.94 bits per heavy atom. The molecule has 2 amide bonds. The van der Waals surface area contributed by atoms with Gasteiger partial charge >= 0.3 is 12.2 Å². The number of halogens is 3. The summed E-state index contributed by atoms with van der Waals surface area (Å²) in [4.78, 5) is 33.7. The van der Waals surface area contributed by atoms with Gasteiger partial charge in [0.15, 0.2) is 0 Å². The number of anilines is 2. The number of aryl methyl sites for hydroxylation is 1. The van der Waals surface area contributed by atoms with E-state index in [0.717, 1.165) is 38.2 Å². The van der Waals surface area contributed by atoms with Gasteiger partial charge < -0.3 is 4.74 Å². The van der Waals surface area contributed by atoms with Crippen LogP contribution in [0.1, 0.15) is 60.1 Å². The lowest BCUT2D eigenvalue weighted by atomic mass is 9.98. The van der Waals surface area contributed by atoms with Gasteiger partial charge in [-0.15, -0.1) is 0 Å². The van der Waals surface area contributed by atoms with Gasteiger partial charge in [-0.1, -0.05) is 12.5 Å². The third-order valence-electron chi connectivity index (χ3n) is 5.84. The number of aromatic nitrogens is 2. The number of ketones is 1. The molecule has 0 aromatic carbocycles. The molecule has 0 saturated heterocycles. The number of alkyl halides is 3. The van der Waals surface area contributed by atoms with E-state index in [1.165, 1.54) is 23.2 Å². The van der Waals surface area contributed by atoms with Crippen LogP contribution in [0.3, 0.4) is 0 Å². The molecule has 0 spiro atoms. The van der Waals surface area contributed by atoms with Crippen LogP contribution in [-0.4, -0.2) is 40.6 Å². The number of rotatable bonds is 4. The molecule has 1 aliphatic heterocycles. The van der Waals surface area contributed by atoms with Gasteiger partial charge in [0.05, 0.1) is 12.3 Å². The zero-order valence-electron chi connectivity index (χ0n) is 18.2. The van der Waals surface area contributed by atoms with Crippen molar-refractivity contribution in [2.24, 2.45) is 0 Å². The SMILES string of the molecule is N#Cc1cnc(NC(=O)N2CCCc3ccc(C(=O)C(F)(F)F)nc32)cc1OC1CCCCC1. The number of nitriles is 1. The van der Waals surface area contributed by atoms with Crippen LogP contribution in [-0.2, 0) is 6.42 Å². The number of ether oxygens (including phenoxy) is 1. The molecular weight excluding hydrogens is 451 g/mol. The zero-order chi connectivity index (χ0) is 24.3. The van der Waals surface area contributed by atoms with Crippen molar-refractivity contribution in [3.63, 3.8) is 0 Å². The van der Waals surface area contributed by atoms with E-state index in [-0.39, 0.29) is 29.8 Å². The molecule has 0 unspecified atom stereocenters. The van der Waals surface area contributed by atoms with Gasteiger partial charge in [-0.3, -0.25) is 15.0 Å². The molecule has 2 aromatic rings. The molecule has 3 heterocycles. The van der Waals surface area contributed by atoms with Gasteiger partial charge in [0.1, 0.15) is 34.7 Å². The number of carbonyl (C=O) groups is 2. The maximum Gasteiger partial charge on any atom is 0.456 e. The van der Waals surface area contributed by atoms with E-state index >= 15 is 0 Å². The molecule has 1 aliphatic carbocycles. The van der Waals surface area contributed by atoms with E-state index in [1.807, 2.05) is 6.07 Å². The highest BCUT2D eigenvalue weighted by molar-refractivity contribution is 6.03. The number of fused-ring (bicyclic) bond motifs is 1. The molecular formula is C23H22F3N5O3. The summed E-state index contributed by atoms with van der Waals surface area (Å²) in [6, 6.07) is 5.24. The standard InChI is InChI=1S/C23H22F3N5O3/c24-23(25,26)20(32)17-9-8-14-5-4-10-31(21(14)29-17)22(33)30-19-11-18(15(12-27)13-28-19)34-16-6-2-1-3-7-16/h8-9,11,13,16H,1-7,10H2,(H,28,30,33). The molecule has 0 radical (unpaired) electrons. The monoisotopic (exact) mass is 473 g/mol. The number of nitrogens with zero attached hydrogens (tertiary/aromatic N) is 4. The fourth-order valence-corrected chi connectivity index (χ4v) is 4.14. The molecule has 1 fully saturated rings. The number of hydrogen-bond acceptors (Lipinski definition) is 6. The molecule has 2 aromatic heterocycles. The number of urea groups is 1. The van der Waals surface area contributed by atoms with Crippen molar-refractivity contribution >= 4 is 23.5 Å². The molecule has 0 bridgehead atoms. The van der Waals surface area contributed by atoms with Crippen molar-refractivity contribution in [1.82, 2.24) is 9.97 Å². The van der Waals surface area contributed by atoms with Crippen molar-refractivity contribution < 1.29 is 27.5 Å². The van der Waals surface area contributed by atoms with Crippen LogP contribution in [0.25, 0.3) is 0 Å². The maximum atomic E-state index is 13.0. The smallest absolute Gasteiger partial charge is 0.456 e. The lowest BCUT2D eigenvalue weighted by Gasteiger charge is -2.28. The lowest BCUT2D eigenvalue weighted by molar-refractivity contribution is -0.0888. The number of hydrogen-bond donors (Lipinski definition) is 1. The summed E-state index contributed by atoms with van der Waals surface area (Å²) in [5, 5.41) is 12.0. The van der Waals surface area contributed by atoms with Crippen LogP contribution in [0.5, 0.6) is 5.75 Å². The minimum absolute atomic E-state index is 0.00572. The maximum absolute atomic E-state index is 13.0. The van der Waals surface area contributed by atoms with E-state index in [1.54, 1.807) is 0 Å². The number of nitrogens with one attached hydrogen (secondary N) is 1. The average molecular weight is 473 g/mol. The molecule has 1 saturated carbocycles. The highest BCUT2D eigenvalue weighted by Gasteiger charge is 2.41. The first kappa shape index (κ1) is 23.5. The Hall–Kier alpha value is -3.68. The second-order valence-corrected chi connectivity index (χ2v) is 8.25.